The molecule has 1 atom stereocenters. The number of rotatable bonds is 12. The topological polar surface area (TPSA) is 8.17 Å². The van der Waals surface area contributed by atoms with Crippen LogP contribution in [0, 0.1) is 20.8 Å². The molecule has 2 heteroatoms. The predicted molar refractivity (Wildman–Crippen MR) is 309 cm³/mol. The summed E-state index contributed by atoms with van der Waals surface area (Å²) in [4.78, 5) is 2.59. The number of aryl methyl sites for hydroxylation is 3. The molecule has 1 heterocycles. The van der Waals surface area contributed by atoms with Crippen LogP contribution in [0.25, 0.3) is 83.0 Å². The summed E-state index contributed by atoms with van der Waals surface area (Å²) in [6, 6.07) is 89.9. The standard InChI is InChI=1S/C57H50N2.C13H12/c1-5-55(46-33-31-45(32-34-46)43-20-8-6-9-21-43)58(38-41(3)50-27-14-15-28-52(50)48-25-18-24-47(37-48)44-22-10-7-11-23-44)39-59-56-30-17-16-29-53(56)54-36-35-51(42(4)57(54)59)49-26-13-12-19-40(49)2;1-11-6-5-9-13(10-11)12-7-3-2-4-8-12/h6-38,55H,5,39H2,1-4H3;2-10H,1H3/b41-38+;. The Hall–Kier alpha value is -8.46. The van der Waals surface area contributed by atoms with E-state index < -0.39 is 0 Å². The van der Waals surface area contributed by atoms with E-state index in [-0.39, 0.29) is 6.04 Å². The van der Waals surface area contributed by atoms with E-state index in [9.17, 15) is 0 Å². The van der Waals surface area contributed by atoms with Crippen molar-refractivity contribution in [2.24, 2.45) is 0 Å². The Bertz CT molecular complexity index is 3620. The molecule has 1 aromatic heterocycles. The largest absolute Gasteiger partial charge is 0.352 e. The maximum atomic E-state index is 2.59. The predicted octanol–water partition coefficient (Wildman–Crippen LogP) is 19.2. The van der Waals surface area contributed by atoms with Crippen LogP contribution in [-0.4, -0.2) is 9.47 Å². The van der Waals surface area contributed by atoms with Gasteiger partial charge in [-0.25, -0.2) is 0 Å². The number of aromatic nitrogens is 1. The van der Waals surface area contributed by atoms with E-state index in [4.69, 9.17) is 0 Å². The zero-order valence-corrected chi connectivity index (χ0v) is 42.1. The van der Waals surface area contributed by atoms with Crippen LogP contribution < -0.4 is 0 Å². The summed E-state index contributed by atoms with van der Waals surface area (Å²) >= 11 is 0. The van der Waals surface area contributed by atoms with Crippen molar-refractivity contribution >= 4 is 27.4 Å². The molecule has 0 N–H and O–H groups in total. The number of hydrogen-bond acceptors (Lipinski definition) is 1. The third-order valence-electron chi connectivity index (χ3n) is 14.2. The molecule has 0 spiro atoms. The molecule has 11 rings (SSSR count). The maximum absolute atomic E-state index is 2.59. The van der Waals surface area contributed by atoms with E-state index in [0.717, 1.165) is 6.42 Å². The van der Waals surface area contributed by atoms with Crippen molar-refractivity contribution < 1.29 is 0 Å². The fourth-order valence-corrected chi connectivity index (χ4v) is 10.6. The smallest absolute Gasteiger partial charge is 0.0953 e. The molecular weight excluding hydrogens is 869 g/mol. The van der Waals surface area contributed by atoms with Crippen LogP contribution >= 0.6 is 0 Å². The normalized spacial score (nSPS) is 11.8. The first-order valence-electron chi connectivity index (χ1n) is 25.4. The lowest BCUT2D eigenvalue weighted by Gasteiger charge is -2.33. The Morgan fingerprint density at radius 2 is 0.972 bits per heavy atom. The summed E-state index contributed by atoms with van der Waals surface area (Å²) in [7, 11) is 0. The summed E-state index contributed by atoms with van der Waals surface area (Å²) in [5.41, 5.74) is 22.7. The van der Waals surface area contributed by atoms with Crippen molar-refractivity contribution in [1.82, 2.24) is 9.47 Å². The van der Waals surface area contributed by atoms with E-state index in [1.54, 1.807) is 0 Å². The molecule has 0 saturated carbocycles. The van der Waals surface area contributed by atoms with Crippen LogP contribution in [0.3, 0.4) is 0 Å². The van der Waals surface area contributed by atoms with Crippen molar-refractivity contribution in [3.8, 4) is 55.6 Å². The van der Waals surface area contributed by atoms with E-state index in [1.165, 1.54) is 111 Å². The SMILES string of the molecule is CCC(c1ccc(-c2ccccc2)cc1)N(/C=C(\C)c1ccccc1-c1cccc(-c2ccccc2)c1)Cn1c2ccccc2c2ccc(-c3ccccc3C)c(C)c21.Cc1cccc(-c2ccccc2)c1. The number of para-hydroxylation sites is 1. The molecule has 0 aliphatic heterocycles. The second-order valence-corrected chi connectivity index (χ2v) is 19.0. The van der Waals surface area contributed by atoms with Gasteiger partial charge in [0.05, 0.1) is 23.7 Å². The molecule has 2 nitrogen and oxygen atoms in total. The molecule has 72 heavy (non-hydrogen) atoms. The Labute approximate surface area is 426 Å². The molecule has 352 valence electrons. The number of allylic oxidation sites excluding steroid dienone is 1. The minimum absolute atomic E-state index is 0.124. The van der Waals surface area contributed by atoms with Crippen LogP contribution in [0.5, 0.6) is 0 Å². The minimum Gasteiger partial charge on any atom is -0.352 e. The Balaban J connectivity index is 0.000000397. The quantitative estimate of drug-likeness (QED) is 0.119. The van der Waals surface area contributed by atoms with E-state index >= 15 is 0 Å². The van der Waals surface area contributed by atoms with Crippen LogP contribution in [0.1, 0.15) is 54.1 Å². The van der Waals surface area contributed by atoms with Gasteiger partial charge in [-0.05, 0) is 130 Å². The molecule has 0 bridgehead atoms. The highest BCUT2D eigenvalue weighted by atomic mass is 15.3. The van der Waals surface area contributed by atoms with Gasteiger partial charge in [0, 0.05) is 17.0 Å². The van der Waals surface area contributed by atoms with Crippen LogP contribution in [0.4, 0.5) is 0 Å². The summed E-state index contributed by atoms with van der Waals surface area (Å²) in [6.07, 6.45) is 3.38. The van der Waals surface area contributed by atoms with E-state index in [0.29, 0.717) is 6.67 Å². The summed E-state index contributed by atoms with van der Waals surface area (Å²) in [5.74, 6) is 0. The Morgan fingerprint density at radius 3 is 1.62 bits per heavy atom. The van der Waals surface area contributed by atoms with Crippen molar-refractivity contribution in [3.63, 3.8) is 0 Å². The summed E-state index contributed by atoms with van der Waals surface area (Å²) < 4.78 is 2.57. The van der Waals surface area contributed by atoms with Gasteiger partial charge in [-0.2, -0.15) is 0 Å². The van der Waals surface area contributed by atoms with Gasteiger partial charge in [0.15, 0.2) is 0 Å². The average molecular weight is 931 g/mol. The first kappa shape index (κ1) is 47.2. The number of benzene rings is 10. The highest BCUT2D eigenvalue weighted by Crippen LogP contribution is 2.40. The molecule has 0 aliphatic carbocycles. The fourth-order valence-electron chi connectivity index (χ4n) is 10.6. The summed E-state index contributed by atoms with van der Waals surface area (Å²) in [5, 5.41) is 2.58. The van der Waals surface area contributed by atoms with Crippen LogP contribution in [0.2, 0.25) is 0 Å². The average Bonchev–Trinajstić information content (AvgIpc) is 3.76. The molecular formula is C70H62N2. The first-order chi connectivity index (χ1) is 35.3. The van der Waals surface area contributed by atoms with E-state index in [2.05, 4.69) is 293 Å². The highest BCUT2D eigenvalue weighted by Gasteiger charge is 2.23. The third kappa shape index (κ3) is 10.1. The number of fused-ring (bicyclic) bond motifs is 3. The maximum Gasteiger partial charge on any atom is 0.0953 e. The van der Waals surface area contributed by atoms with Gasteiger partial charge < -0.3 is 9.47 Å². The minimum atomic E-state index is 0.124. The zero-order valence-electron chi connectivity index (χ0n) is 42.1. The fraction of sp³-hybridized carbons (Fsp3) is 0.114. The van der Waals surface area contributed by atoms with Crippen LogP contribution in [-0.2, 0) is 6.67 Å². The summed E-state index contributed by atoms with van der Waals surface area (Å²) in [6.45, 7) is 11.9. The molecule has 10 aromatic carbocycles. The molecule has 0 fully saturated rings. The second kappa shape index (κ2) is 21.7. The van der Waals surface area contributed by atoms with E-state index in [1.807, 2.05) is 6.07 Å². The molecule has 0 amide bonds. The van der Waals surface area contributed by atoms with Crippen LogP contribution in [0.15, 0.2) is 255 Å². The third-order valence-corrected chi connectivity index (χ3v) is 14.2. The molecule has 11 aromatic rings. The zero-order chi connectivity index (χ0) is 49.4. The lowest BCUT2D eigenvalue weighted by Crippen LogP contribution is -2.26. The van der Waals surface area contributed by atoms with Gasteiger partial charge >= 0.3 is 0 Å². The van der Waals surface area contributed by atoms with Gasteiger partial charge in [0.1, 0.15) is 0 Å². The molecule has 1 unspecified atom stereocenters. The van der Waals surface area contributed by atoms with Gasteiger partial charge in [-0.3, -0.25) is 0 Å². The molecule has 0 radical (unpaired) electrons. The van der Waals surface area contributed by atoms with Gasteiger partial charge in [0.2, 0.25) is 0 Å². The first-order valence-corrected chi connectivity index (χ1v) is 25.4. The second-order valence-electron chi connectivity index (χ2n) is 19.0. The Morgan fingerprint density at radius 1 is 0.444 bits per heavy atom. The molecule has 0 aliphatic rings. The lowest BCUT2D eigenvalue weighted by molar-refractivity contribution is 0.227. The van der Waals surface area contributed by atoms with Gasteiger partial charge in [0.25, 0.3) is 0 Å². The Kier molecular flexibility index (Phi) is 14.2. The van der Waals surface area contributed by atoms with Crippen molar-refractivity contribution in [1.29, 1.82) is 0 Å². The van der Waals surface area contributed by atoms with Gasteiger partial charge in [-0.1, -0.05) is 249 Å². The van der Waals surface area contributed by atoms with Gasteiger partial charge in [-0.15, -0.1) is 0 Å². The lowest BCUT2D eigenvalue weighted by atomic mass is 9.93. The van der Waals surface area contributed by atoms with Crippen molar-refractivity contribution in [3.05, 3.63) is 283 Å². The van der Waals surface area contributed by atoms with Crippen molar-refractivity contribution in [2.45, 2.75) is 53.8 Å². The highest BCUT2D eigenvalue weighted by molar-refractivity contribution is 6.10. The number of hydrogen-bond donors (Lipinski definition) is 0. The van der Waals surface area contributed by atoms with Crippen molar-refractivity contribution in [2.75, 3.05) is 0 Å². The number of nitrogens with zero attached hydrogens (tertiary/aromatic N) is 2. The monoisotopic (exact) mass is 930 g/mol. The molecule has 0 saturated heterocycles.